The molecule has 0 saturated carbocycles. The predicted octanol–water partition coefficient (Wildman–Crippen LogP) is 0.612. The SMILES string of the molecule is CS(=O)(=O)N1Cc2ccnn2[C@@H](CCNC(=O)c2ccco2)C1. The summed E-state index contributed by atoms with van der Waals surface area (Å²) >= 11 is 0. The number of hydrogen-bond donors (Lipinski definition) is 1. The number of carbonyl (C=O) groups excluding carboxylic acids is 1. The lowest BCUT2D eigenvalue weighted by Crippen LogP contribution is -2.41. The van der Waals surface area contributed by atoms with Gasteiger partial charge in [-0.1, -0.05) is 0 Å². The van der Waals surface area contributed by atoms with Gasteiger partial charge in [-0.25, -0.2) is 8.42 Å². The van der Waals surface area contributed by atoms with Gasteiger partial charge in [-0.15, -0.1) is 0 Å². The normalized spacial score (nSPS) is 18.6. The first-order chi connectivity index (χ1) is 10.9. The van der Waals surface area contributed by atoms with Gasteiger partial charge in [-0.3, -0.25) is 9.48 Å². The Kier molecular flexibility index (Phi) is 4.22. The maximum Gasteiger partial charge on any atom is 0.286 e. The van der Waals surface area contributed by atoms with Crippen LogP contribution in [-0.4, -0.2) is 47.8 Å². The summed E-state index contributed by atoms with van der Waals surface area (Å²) in [5.41, 5.74) is 0.851. The van der Waals surface area contributed by atoms with Crippen LogP contribution >= 0.6 is 0 Å². The Morgan fingerprint density at radius 3 is 3.00 bits per heavy atom. The molecule has 2 aromatic rings. The van der Waals surface area contributed by atoms with Gasteiger partial charge >= 0.3 is 0 Å². The maximum atomic E-state index is 11.8. The molecule has 0 aromatic carbocycles. The van der Waals surface area contributed by atoms with Gasteiger partial charge in [-0.05, 0) is 24.6 Å². The van der Waals surface area contributed by atoms with Gasteiger partial charge < -0.3 is 9.73 Å². The van der Waals surface area contributed by atoms with E-state index >= 15 is 0 Å². The molecule has 1 aliphatic heterocycles. The molecule has 23 heavy (non-hydrogen) atoms. The number of hydrogen-bond acceptors (Lipinski definition) is 5. The van der Waals surface area contributed by atoms with Crippen molar-refractivity contribution in [2.45, 2.75) is 19.0 Å². The second-order valence-corrected chi connectivity index (χ2v) is 7.48. The van der Waals surface area contributed by atoms with E-state index in [-0.39, 0.29) is 17.7 Å². The molecule has 1 aliphatic rings. The average Bonchev–Trinajstić information content (AvgIpc) is 3.17. The molecule has 0 unspecified atom stereocenters. The first-order valence-electron chi connectivity index (χ1n) is 7.24. The van der Waals surface area contributed by atoms with E-state index < -0.39 is 10.0 Å². The van der Waals surface area contributed by atoms with Crippen molar-refractivity contribution in [3.05, 3.63) is 42.1 Å². The van der Waals surface area contributed by atoms with Crippen LogP contribution in [0.3, 0.4) is 0 Å². The summed E-state index contributed by atoms with van der Waals surface area (Å²) in [6.07, 6.45) is 4.88. The Hall–Kier alpha value is -2.13. The number of sulfonamides is 1. The molecule has 0 aliphatic carbocycles. The number of carbonyl (C=O) groups is 1. The highest BCUT2D eigenvalue weighted by Gasteiger charge is 2.30. The second-order valence-electron chi connectivity index (χ2n) is 5.50. The molecule has 0 fully saturated rings. The van der Waals surface area contributed by atoms with Crippen molar-refractivity contribution in [3.8, 4) is 0 Å². The summed E-state index contributed by atoms with van der Waals surface area (Å²) in [6, 6.07) is 4.94. The number of rotatable bonds is 5. The zero-order chi connectivity index (χ0) is 16.4. The molecule has 1 amide bonds. The van der Waals surface area contributed by atoms with E-state index in [2.05, 4.69) is 10.4 Å². The first-order valence-corrected chi connectivity index (χ1v) is 9.09. The molecule has 1 atom stereocenters. The van der Waals surface area contributed by atoms with Crippen LogP contribution in [0.1, 0.15) is 28.7 Å². The Morgan fingerprint density at radius 1 is 1.48 bits per heavy atom. The van der Waals surface area contributed by atoms with Crippen LogP contribution in [0.15, 0.2) is 35.1 Å². The number of nitrogens with one attached hydrogen (secondary N) is 1. The van der Waals surface area contributed by atoms with Crippen LogP contribution in [0.2, 0.25) is 0 Å². The molecule has 0 spiro atoms. The van der Waals surface area contributed by atoms with E-state index in [1.165, 1.54) is 16.8 Å². The molecule has 0 radical (unpaired) electrons. The number of nitrogens with zero attached hydrogens (tertiary/aromatic N) is 3. The Balaban J connectivity index is 1.64. The van der Waals surface area contributed by atoms with Gasteiger partial charge in [0.15, 0.2) is 5.76 Å². The first kappa shape index (κ1) is 15.8. The van der Waals surface area contributed by atoms with Gasteiger partial charge in [0.05, 0.1) is 30.8 Å². The summed E-state index contributed by atoms with van der Waals surface area (Å²) in [5.74, 6) is -0.0300. The summed E-state index contributed by atoms with van der Waals surface area (Å²) in [6.45, 7) is 1.08. The molecule has 124 valence electrons. The predicted molar refractivity (Wildman–Crippen MR) is 82.2 cm³/mol. The van der Waals surface area contributed by atoms with Crippen LogP contribution in [0.5, 0.6) is 0 Å². The van der Waals surface area contributed by atoms with Gasteiger partial charge in [0.1, 0.15) is 0 Å². The fraction of sp³-hybridized carbons (Fsp3) is 0.429. The lowest BCUT2D eigenvalue weighted by atomic mass is 10.1. The molecule has 0 bridgehead atoms. The van der Waals surface area contributed by atoms with Gasteiger partial charge in [0.25, 0.3) is 5.91 Å². The number of fused-ring (bicyclic) bond motifs is 1. The molecular formula is C14H18N4O4S. The van der Waals surface area contributed by atoms with E-state index in [0.717, 1.165) is 5.69 Å². The second kappa shape index (κ2) is 6.17. The van der Waals surface area contributed by atoms with Crippen molar-refractivity contribution in [2.24, 2.45) is 0 Å². The van der Waals surface area contributed by atoms with E-state index in [1.807, 2.05) is 10.7 Å². The van der Waals surface area contributed by atoms with Crippen molar-refractivity contribution >= 4 is 15.9 Å². The minimum atomic E-state index is -3.27. The highest BCUT2D eigenvalue weighted by molar-refractivity contribution is 7.88. The van der Waals surface area contributed by atoms with Crippen molar-refractivity contribution in [1.82, 2.24) is 19.4 Å². The molecule has 3 heterocycles. The van der Waals surface area contributed by atoms with Crippen LogP contribution in [-0.2, 0) is 16.6 Å². The molecule has 2 aromatic heterocycles. The van der Waals surface area contributed by atoms with Gasteiger partial charge in [0.2, 0.25) is 10.0 Å². The van der Waals surface area contributed by atoms with Crippen LogP contribution < -0.4 is 5.32 Å². The van der Waals surface area contributed by atoms with Crippen molar-refractivity contribution in [1.29, 1.82) is 0 Å². The lowest BCUT2D eigenvalue weighted by molar-refractivity contribution is 0.0922. The fourth-order valence-electron chi connectivity index (χ4n) is 2.67. The Labute approximate surface area is 134 Å². The lowest BCUT2D eigenvalue weighted by Gasteiger charge is -2.32. The summed E-state index contributed by atoms with van der Waals surface area (Å²) in [5, 5.41) is 7.03. The third kappa shape index (κ3) is 3.45. The van der Waals surface area contributed by atoms with E-state index in [0.29, 0.717) is 26.1 Å². The third-order valence-electron chi connectivity index (χ3n) is 3.83. The summed E-state index contributed by atoms with van der Waals surface area (Å²) in [7, 11) is -3.27. The minimum Gasteiger partial charge on any atom is -0.459 e. The highest BCUT2D eigenvalue weighted by Crippen LogP contribution is 2.24. The highest BCUT2D eigenvalue weighted by atomic mass is 32.2. The van der Waals surface area contributed by atoms with Crippen molar-refractivity contribution in [3.63, 3.8) is 0 Å². The Morgan fingerprint density at radius 2 is 2.30 bits per heavy atom. The van der Waals surface area contributed by atoms with Gasteiger partial charge in [0, 0.05) is 19.3 Å². The van der Waals surface area contributed by atoms with Crippen molar-refractivity contribution < 1.29 is 17.6 Å². The summed E-state index contributed by atoms with van der Waals surface area (Å²) in [4.78, 5) is 11.8. The Bertz CT molecular complexity index is 782. The van der Waals surface area contributed by atoms with Crippen molar-refractivity contribution in [2.75, 3.05) is 19.3 Å². The number of amides is 1. The zero-order valence-corrected chi connectivity index (χ0v) is 13.5. The van der Waals surface area contributed by atoms with Crippen LogP contribution in [0, 0.1) is 0 Å². The molecular weight excluding hydrogens is 320 g/mol. The van der Waals surface area contributed by atoms with E-state index in [4.69, 9.17) is 4.42 Å². The standard InChI is InChI=1S/C14H18N4O4S/c1-23(20,21)17-9-11(18-12(10-17)5-7-16-18)4-6-15-14(19)13-3-2-8-22-13/h2-3,5,7-8,11H,4,6,9-10H2,1H3,(H,15,19)/t11-/m0/s1. The smallest absolute Gasteiger partial charge is 0.286 e. The molecule has 0 saturated heterocycles. The monoisotopic (exact) mass is 338 g/mol. The largest absolute Gasteiger partial charge is 0.459 e. The average molecular weight is 338 g/mol. The topological polar surface area (TPSA) is 97.4 Å². The quantitative estimate of drug-likeness (QED) is 0.861. The van der Waals surface area contributed by atoms with Gasteiger partial charge in [-0.2, -0.15) is 9.40 Å². The maximum absolute atomic E-state index is 11.8. The molecule has 3 rings (SSSR count). The van der Waals surface area contributed by atoms with Crippen LogP contribution in [0.25, 0.3) is 0 Å². The third-order valence-corrected chi connectivity index (χ3v) is 5.04. The minimum absolute atomic E-state index is 0.111. The molecule has 9 heteroatoms. The summed E-state index contributed by atoms with van der Waals surface area (Å²) < 4.78 is 31.9. The van der Waals surface area contributed by atoms with E-state index in [1.54, 1.807) is 18.3 Å². The van der Waals surface area contributed by atoms with E-state index in [9.17, 15) is 13.2 Å². The number of furan rings is 1. The fourth-order valence-corrected chi connectivity index (χ4v) is 3.48. The molecule has 1 N–H and O–H groups in total. The van der Waals surface area contributed by atoms with Crippen LogP contribution in [0.4, 0.5) is 0 Å². The number of aromatic nitrogens is 2. The zero-order valence-electron chi connectivity index (χ0n) is 12.7. The molecule has 8 nitrogen and oxygen atoms in total.